The maximum atomic E-state index is 13.2. The van der Waals surface area contributed by atoms with Crippen LogP contribution in [0.15, 0.2) is 76.8 Å². The summed E-state index contributed by atoms with van der Waals surface area (Å²) in [6.45, 7) is 0.870. The second-order valence-electron chi connectivity index (χ2n) is 6.91. The largest absolute Gasteiger partial charge is 0.309 e. The Kier molecular flexibility index (Phi) is 4.45. The Morgan fingerprint density at radius 1 is 0.963 bits per heavy atom. The number of benzene rings is 2. The minimum Gasteiger partial charge on any atom is -0.309 e. The van der Waals surface area contributed by atoms with Gasteiger partial charge in [-0.05, 0) is 49.1 Å². The van der Waals surface area contributed by atoms with E-state index >= 15 is 0 Å². The molecule has 6 heteroatoms. The van der Waals surface area contributed by atoms with Crippen LogP contribution in [0.1, 0.15) is 5.69 Å². The SMILES string of the molecule is CN(C)CCc1cnc2ccc(S(=O)(=O)c3ccc4ccccc4c3)cn12. The molecule has 0 atom stereocenters. The summed E-state index contributed by atoms with van der Waals surface area (Å²) >= 11 is 0. The van der Waals surface area contributed by atoms with Crippen molar-refractivity contribution in [3.8, 4) is 0 Å². The number of hydrogen-bond donors (Lipinski definition) is 0. The van der Waals surface area contributed by atoms with Crippen LogP contribution in [0, 0.1) is 0 Å². The molecule has 2 aromatic heterocycles. The minimum absolute atomic E-state index is 0.273. The minimum atomic E-state index is -3.61. The van der Waals surface area contributed by atoms with Crippen LogP contribution in [-0.2, 0) is 16.3 Å². The van der Waals surface area contributed by atoms with E-state index < -0.39 is 9.84 Å². The molecule has 0 aliphatic rings. The topological polar surface area (TPSA) is 54.7 Å². The van der Waals surface area contributed by atoms with Gasteiger partial charge < -0.3 is 9.30 Å². The van der Waals surface area contributed by atoms with Crippen molar-refractivity contribution < 1.29 is 8.42 Å². The lowest BCUT2D eigenvalue weighted by molar-refractivity contribution is 0.411. The fourth-order valence-corrected chi connectivity index (χ4v) is 4.46. The molecule has 0 saturated carbocycles. The highest BCUT2D eigenvalue weighted by molar-refractivity contribution is 7.91. The predicted molar refractivity (Wildman–Crippen MR) is 107 cm³/mol. The van der Waals surface area contributed by atoms with Gasteiger partial charge >= 0.3 is 0 Å². The van der Waals surface area contributed by atoms with Crippen LogP contribution in [0.3, 0.4) is 0 Å². The number of imidazole rings is 1. The lowest BCUT2D eigenvalue weighted by atomic mass is 10.1. The molecule has 0 bridgehead atoms. The van der Waals surface area contributed by atoms with Crippen molar-refractivity contribution in [2.24, 2.45) is 0 Å². The first-order valence-corrected chi connectivity index (χ1v) is 10.3. The average molecular weight is 379 g/mol. The third-order valence-electron chi connectivity index (χ3n) is 4.71. The highest BCUT2D eigenvalue weighted by Crippen LogP contribution is 2.25. The molecule has 4 rings (SSSR count). The molecule has 0 spiro atoms. The molecule has 0 amide bonds. The predicted octanol–water partition coefficient (Wildman–Crippen LogP) is 3.42. The van der Waals surface area contributed by atoms with Gasteiger partial charge in [-0.25, -0.2) is 13.4 Å². The van der Waals surface area contributed by atoms with E-state index in [1.807, 2.05) is 55.0 Å². The fraction of sp³-hybridized carbons (Fsp3) is 0.190. The lowest BCUT2D eigenvalue weighted by Gasteiger charge is -2.10. The first-order valence-electron chi connectivity index (χ1n) is 8.80. The van der Waals surface area contributed by atoms with Gasteiger partial charge in [-0.1, -0.05) is 30.3 Å². The Hall–Kier alpha value is -2.70. The van der Waals surface area contributed by atoms with Crippen molar-refractivity contribution in [3.05, 3.63) is 72.7 Å². The molecule has 0 radical (unpaired) electrons. The standard InChI is InChI=1S/C21H21N3O2S/c1-23(2)12-11-18-14-22-21-10-9-20(15-24(18)21)27(25,26)19-8-7-16-5-3-4-6-17(16)13-19/h3-10,13-15H,11-12H2,1-2H3. The first kappa shape index (κ1) is 17.7. The molecule has 0 fully saturated rings. The first-order chi connectivity index (χ1) is 12.9. The van der Waals surface area contributed by atoms with E-state index in [0.29, 0.717) is 4.90 Å². The van der Waals surface area contributed by atoms with Crippen molar-refractivity contribution in [1.82, 2.24) is 14.3 Å². The molecule has 5 nitrogen and oxygen atoms in total. The van der Waals surface area contributed by atoms with Crippen LogP contribution in [0.4, 0.5) is 0 Å². The van der Waals surface area contributed by atoms with Crippen LogP contribution in [-0.4, -0.2) is 43.3 Å². The van der Waals surface area contributed by atoms with Crippen molar-refractivity contribution >= 4 is 26.3 Å². The van der Waals surface area contributed by atoms with E-state index in [-0.39, 0.29) is 4.90 Å². The summed E-state index contributed by atoms with van der Waals surface area (Å²) in [6.07, 6.45) is 4.29. The highest BCUT2D eigenvalue weighted by Gasteiger charge is 2.19. The van der Waals surface area contributed by atoms with E-state index in [1.54, 1.807) is 30.5 Å². The quantitative estimate of drug-likeness (QED) is 0.533. The van der Waals surface area contributed by atoms with Gasteiger partial charge in [0, 0.05) is 31.1 Å². The number of likely N-dealkylation sites (N-methyl/N-ethyl adjacent to an activating group) is 1. The third kappa shape index (κ3) is 3.34. The lowest BCUT2D eigenvalue weighted by Crippen LogP contribution is -2.16. The number of sulfone groups is 1. The Balaban J connectivity index is 1.78. The normalized spacial score (nSPS) is 12.3. The number of pyridine rings is 1. The zero-order valence-electron chi connectivity index (χ0n) is 15.3. The van der Waals surface area contributed by atoms with Gasteiger partial charge in [-0.15, -0.1) is 0 Å². The maximum absolute atomic E-state index is 13.2. The average Bonchev–Trinajstić information content (AvgIpc) is 3.08. The zero-order valence-corrected chi connectivity index (χ0v) is 16.1. The van der Waals surface area contributed by atoms with Crippen molar-refractivity contribution in [1.29, 1.82) is 0 Å². The van der Waals surface area contributed by atoms with Crippen LogP contribution < -0.4 is 0 Å². The number of rotatable bonds is 5. The molecule has 0 aliphatic heterocycles. The Morgan fingerprint density at radius 2 is 1.70 bits per heavy atom. The summed E-state index contributed by atoms with van der Waals surface area (Å²) in [5, 5.41) is 1.93. The van der Waals surface area contributed by atoms with Crippen LogP contribution in [0.5, 0.6) is 0 Å². The van der Waals surface area contributed by atoms with Gasteiger partial charge in [0.15, 0.2) is 0 Å². The zero-order chi connectivity index (χ0) is 19.0. The van der Waals surface area contributed by atoms with Gasteiger partial charge in [-0.2, -0.15) is 0 Å². The molecule has 2 heterocycles. The Morgan fingerprint density at radius 3 is 2.48 bits per heavy atom. The van der Waals surface area contributed by atoms with E-state index in [0.717, 1.165) is 35.1 Å². The van der Waals surface area contributed by atoms with Crippen LogP contribution in [0.25, 0.3) is 16.4 Å². The number of aromatic nitrogens is 2. The summed E-state index contributed by atoms with van der Waals surface area (Å²) in [7, 11) is 0.419. The molecule has 0 unspecified atom stereocenters. The highest BCUT2D eigenvalue weighted by atomic mass is 32.2. The molecule has 27 heavy (non-hydrogen) atoms. The van der Waals surface area contributed by atoms with Crippen LogP contribution in [0.2, 0.25) is 0 Å². The molecule has 0 saturated heterocycles. The molecule has 138 valence electrons. The second-order valence-corrected chi connectivity index (χ2v) is 8.86. The van der Waals surface area contributed by atoms with Gasteiger partial charge in [0.05, 0.1) is 9.79 Å². The van der Waals surface area contributed by atoms with Gasteiger partial charge in [0.2, 0.25) is 9.84 Å². The number of fused-ring (bicyclic) bond motifs is 2. The summed E-state index contributed by atoms with van der Waals surface area (Å²) < 4.78 is 28.2. The van der Waals surface area contributed by atoms with E-state index in [4.69, 9.17) is 0 Å². The van der Waals surface area contributed by atoms with Crippen LogP contribution >= 0.6 is 0 Å². The van der Waals surface area contributed by atoms with E-state index in [1.165, 1.54) is 0 Å². The molecular weight excluding hydrogens is 358 g/mol. The van der Waals surface area contributed by atoms with Gasteiger partial charge in [0.25, 0.3) is 0 Å². The number of hydrogen-bond acceptors (Lipinski definition) is 4. The monoisotopic (exact) mass is 379 g/mol. The summed E-state index contributed by atoms with van der Waals surface area (Å²) in [5.41, 5.74) is 1.75. The van der Waals surface area contributed by atoms with Crippen molar-refractivity contribution in [3.63, 3.8) is 0 Å². The summed E-state index contributed by atoms with van der Waals surface area (Å²) in [6, 6.07) is 16.4. The van der Waals surface area contributed by atoms with Crippen molar-refractivity contribution in [2.75, 3.05) is 20.6 Å². The van der Waals surface area contributed by atoms with Gasteiger partial charge in [-0.3, -0.25) is 0 Å². The summed E-state index contributed by atoms with van der Waals surface area (Å²) in [4.78, 5) is 7.05. The third-order valence-corrected chi connectivity index (χ3v) is 6.45. The molecule has 0 N–H and O–H groups in total. The molecule has 4 aromatic rings. The van der Waals surface area contributed by atoms with E-state index in [2.05, 4.69) is 9.88 Å². The second kappa shape index (κ2) is 6.79. The van der Waals surface area contributed by atoms with E-state index in [9.17, 15) is 8.42 Å². The Labute approximate surface area is 158 Å². The number of nitrogens with zero attached hydrogens (tertiary/aromatic N) is 3. The fourth-order valence-electron chi connectivity index (χ4n) is 3.16. The van der Waals surface area contributed by atoms with Gasteiger partial charge in [0.1, 0.15) is 5.65 Å². The molecule has 0 aliphatic carbocycles. The van der Waals surface area contributed by atoms with Crippen molar-refractivity contribution in [2.45, 2.75) is 16.2 Å². The Bertz CT molecular complexity index is 1230. The molecule has 2 aromatic carbocycles. The smallest absolute Gasteiger partial charge is 0.208 e. The maximum Gasteiger partial charge on any atom is 0.208 e. The summed E-state index contributed by atoms with van der Waals surface area (Å²) in [5.74, 6) is 0. The molecular formula is C21H21N3O2S.